The Labute approximate surface area is 250 Å². The molecule has 2 saturated heterocycles. The van der Waals surface area contributed by atoms with Crippen molar-refractivity contribution in [1.82, 2.24) is 25.4 Å². The Balaban J connectivity index is 1.36. The lowest BCUT2D eigenvalue weighted by Crippen LogP contribution is -2.58. The lowest BCUT2D eigenvalue weighted by atomic mass is 9.85. The van der Waals surface area contributed by atoms with Crippen LogP contribution in [0.2, 0.25) is 0 Å². The van der Waals surface area contributed by atoms with Crippen molar-refractivity contribution in [2.24, 2.45) is 11.3 Å². The molecule has 0 spiro atoms. The van der Waals surface area contributed by atoms with Crippen molar-refractivity contribution >= 4 is 35.0 Å². The van der Waals surface area contributed by atoms with Gasteiger partial charge in [0, 0.05) is 19.5 Å². The number of aliphatic carboxylic acids is 1. The number of rotatable bonds is 9. The average molecular weight is 600 g/mol. The number of nitrogens with one attached hydrogen (secondary N) is 2. The number of aliphatic hydroxyl groups excluding tert-OH is 1. The Hall–Kier alpha value is -3.35. The van der Waals surface area contributed by atoms with Crippen molar-refractivity contribution in [1.29, 1.82) is 0 Å². The number of carboxylic acid groups (broad SMARTS) is 1. The van der Waals surface area contributed by atoms with E-state index in [0.717, 1.165) is 21.7 Å². The summed E-state index contributed by atoms with van der Waals surface area (Å²) < 4.78 is 0. The number of aliphatic hydroxyl groups is 1. The van der Waals surface area contributed by atoms with E-state index in [1.54, 1.807) is 11.3 Å². The second kappa shape index (κ2) is 13.3. The van der Waals surface area contributed by atoms with E-state index < -0.39 is 41.4 Å². The molecule has 2 aliphatic heterocycles. The highest BCUT2D eigenvalue weighted by molar-refractivity contribution is 7.13. The molecule has 1 aromatic heterocycles. The summed E-state index contributed by atoms with van der Waals surface area (Å²) in [5.41, 5.74) is 4.08. The molecule has 0 bridgehead atoms. The number of amides is 3. The third-order valence-corrected chi connectivity index (χ3v) is 8.99. The van der Waals surface area contributed by atoms with Gasteiger partial charge in [0.05, 0.1) is 34.6 Å². The number of β-amino-alcohol motifs (C(OH)–C–C–N with tert-alkyl or cyclic N) is 1. The van der Waals surface area contributed by atoms with Gasteiger partial charge in [-0.3, -0.25) is 24.1 Å². The molecule has 2 fully saturated rings. The first-order chi connectivity index (χ1) is 19.8. The van der Waals surface area contributed by atoms with Crippen LogP contribution < -0.4 is 10.6 Å². The first-order valence-electron chi connectivity index (χ1n) is 14.3. The lowest BCUT2D eigenvalue weighted by molar-refractivity contribution is -0.144. The zero-order valence-corrected chi connectivity index (χ0v) is 25.4. The molecule has 2 aliphatic rings. The fourth-order valence-corrected chi connectivity index (χ4v) is 6.34. The molecule has 0 unspecified atom stereocenters. The smallest absolute Gasteiger partial charge is 0.306 e. The number of carboxylic acids is 1. The van der Waals surface area contributed by atoms with E-state index in [1.165, 1.54) is 4.90 Å². The second-order valence-electron chi connectivity index (χ2n) is 12.3. The van der Waals surface area contributed by atoms with Crippen LogP contribution in [0.5, 0.6) is 0 Å². The number of hydrogen-bond donors (Lipinski definition) is 4. The molecule has 2 aromatic rings. The molecule has 228 valence electrons. The molecule has 11 nitrogen and oxygen atoms in total. The number of hydrogen-bond acceptors (Lipinski definition) is 8. The van der Waals surface area contributed by atoms with Gasteiger partial charge >= 0.3 is 5.97 Å². The van der Waals surface area contributed by atoms with E-state index in [4.69, 9.17) is 0 Å². The van der Waals surface area contributed by atoms with E-state index in [2.05, 4.69) is 15.6 Å². The summed E-state index contributed by atoms with van der Waals surface area (Å²) in [5.74, 6) is -2.33. The van der Waals surface area contributed by atoms with Crippen LogP contribution in [0.15, 0.2) is 29.8 Å². The Morgan fingerprint density at radius 1 is 1.12 bits per heavy atom. The molecule has 0 aliphatic carbocycles. The van der Waals surface area contributed by atoms with Crippen LogP contribution in [0.1, 0.15) is 51.3 Å². The summed E-state index contributed by atoms with van der Waals surface area (Å²) in [7, 11) is 0. The van der Waals surface area contributed by atoms with Crippen LogP contribution >= 0.6 is 11.3 Å². The first kappa shape index (κ1) is 31.6. The molecule has 3 amide bonds. The van der Waals surface area contributed by atoms with Crippen LogP contribution in [0.3, 0.4) is 0 Å². The van der Waals surface area contributed by atoms with Gasteiger partial charge in [0.2, 0.25) is 17.7 Å². The van der Waals surface area contributed by atoms with Crippen molar-refractivity contribution in [2.45, 2.75) is 71.7 Å². The van der Waals surface area contributed by atoms with Gasteiger partial charge in [0.15, 0.2) is 0 Å². The van der Waals surface area contributed by atoms with Crippen molar-refractivity contribution in [2.75, 3.05) is 26.2 Å². The number of nitrogens with zero attached hydrogens (tertiary/aromatic N) is 3. The number of carbonyl (C=O) groups is 4. The number of aryl methyl sites for hydroxylation is 1. The monoisotopic (exact) mass is 599 g/mol. The summed E-state index contributed by atoms with van der Waals surface area (Å²) in [6.45, 7) is 8.80. The molecular weight excluding hydrogens is 558 g/mol. The number of benzene rings is 1. The Bertz CT molecular complexity index is 1280. The normalized spacial score (nSPS) is 20.7. The molecule has 42 heavy (non-hydrogen) atoms. The molecule has 4 N–H and O–H groups in total. The lowest BCUT2D eigenvalue weighted by Gasteiger charge is -2.36. The van der Waals surface area contributed by atoms with E-state index >= 15 is 0 Å². The predicted octanol–water partition coefficient (Wildman–Crippen LogP) is 2.02. The number of aromatic nitrogens is 1. The van der Waals surface area contributed by atoms with Crippen molar-refractivity contribution in [3.05, 3.63) is 41.0 Å². The van der Waals surface area contributed by atoms with Crippen LogP contribution in [0.4, 0.5) is 0 Å². The summed E-state index contributed by atoms with van der Waals surface area (Å²) in [6, 6.07) is 6.09. The molecule has 0 saturated carbocycles. The zero-order valence-electron chi connectivity index (χ0n) is 24.6. The van der Waals surface area contributed by atoms with E-state index in [9.17, 15) is 29.4 Å². The van der Waals surface area contributed by atoms with Gasteiger partial charge in [-0.1, -0.05) is 45.0 Å². The van der Waals surface area contributed by atoms with Gasteiger partial charge < -0.3 is 25.7 Å². The maximum atomic E-state index is 13.8. The van der Waals surface area contributed by atoms with Crippen molar-refractivity contribution in [3.8, 4) is 10.4 Å². The van der Waals surface area contributed by atoms with Gasteiger partial charge in [0.1, 0.15) is 12.1 Å². The fourth-order valence-electron chi connectivity index (χ4n) is 5.53. The van der Waals surface area contributed by atoms with Crippen molar-refractivity contribution in [3.63, 3.8) is 0 Å². The minimum absolute atomic E-state index is 0.00493. The van der Waals surface area contributed by atoms with E-state index in [-0.39, 0.29) is 37.9 Å². The molecule has 0 radical (unpaired) electrons. The Morgan fingerprint density at radius 2 is 1.79 bits per heavy atom. The summed E-state index contributed by atoms with van der Waals surface area (Å²) in [4.78, 5) is 59.9. The largest absolute Gasteiger partial charge is 0.481 e. The predicted molar refractivity (Wildman–Crippen MR) is 158 cm³/mol. The first-order valence-corrected chi connectivity index (χ1v) is 15.2. The van der Waals surface area contributed by atoms with Gasteiger partial charge in [-0.2, -0.15) is 0 Å². The average Bonchev–Trinajstić information content (AvgIpc) is 3.55. The molecule has 3 atom stereocenters. The maximum Gasteiger partial charge on any atom is 0.306 e. The third kappa shape index (κ3) is 7.73. The highest BCUT2D eigenvalue weighted by atomic mass is 32.1. The summed E-state index contributed by atoms with van der Waals surface area (Å²) in [6.07, 6.45) is 0.217. The number of piperidine rings is 1. The summed E-state index contributed by atoms with van der Waals surface area (Å²) >= 11 is 1.57. The van der Waals surface area contributed by atoms with Crippen LogP contribution in [0.25, 0.3) is 10.4 Å². The van der Waals surface area contributed by atoms with Crippen molar-refractivity contribution < 1.29 is 29.4 Å². The number of carbonyl (C=O) groups excluding carboxylic acids is 3. The minimum atomic E-state index is -0.912. The molecule has 4 rings (SSSR count). The number of thiazole rings is 1. The minimum Gasteiger partial charge on any atom is -0.481 e. The quantitative estimate of drug-likeness (QED) is 0.342. The topological polar surface area (TPSA) is 152 Å². The zero-order chi connectivity index (χ0) is 30.6. The SMILES string of the molecule is Cc1ncsc1-c1ccc(CNC(=O)[C@@H]2C[C@@H](O)CN2C(=O)[C@@H](NC(=O)CN2CCC(C(=O)O)CC2)C(C)(C)C)cc1. The van der Waals surface area contributed by atoms with Gasteiger partial charge in [0.25, 0.3) is 0 Å². The van der Waals surface area contributed by atoms with E-state index in [1.807, 2.05) is 62.4 Å². The molecule has 12 heteroatoms. The number of likely N-dealkylation sites (tertiary alicyclic amines) is 2. The molecule has 3 heterocycles. The molecular formula is C30H41N5O6S. The van der Waals surface area contributed by atoms with Crippen LogP contribution in [-0.2, 0) is 25.7 Å². The van der Waals surface area contributed by atoms with Crippen LogP contribution in [-0.4, -0.2) is 93.1 Å². The van der Waals surface area contributed by atoms with E-state index in [0.29, 0.717) is 25.9 Å². The second-order valence-corrected chi connectivity index (χ2v) is 13.2. The van der Waals surface area contributed by atoms with Gasteiger partial charge in [-0.05, 0) is 49.4 Å². The fraction of sp³-hybridized carbons (Fsp3) is 0.567. The maximum absolute atomic E-state index is 13.8. The van der Waals surface area contributed by atoms with Gasteiger partial charge in [-0.25, -0.2) is 4.98 Å². The molecule has 1 aromatic carbocycles. The van der Waals surface area contributed by atoms with Crippen LogP contribution in [0, 0.1) is 18.3 Å². The third-order valence-electron chi connectivity index (χ3n) is 8.02. The highest BCUT2D eigenvalue weighted by Gasteiger charge is 2.44. The summed E-state index contributed by atoms with van der Waals surface area (Å²) in [5, 5.41) is 25.4. The Kier molecular flexibility index (Phi) is 10.0. The van der Waals surface area contributed by atoms with Gasteiger partial charge in [-0.15, -0.1) is 11.3 Å². The highest BCUT2D eigenvalue weighted by Crippen LogP contribution is 2.28. The standard InChI is InChI=1S/C30H41N5O6S/c1-18-25(42-17-32-18)20-7-5-19(6-8-20)14-31-27(38)23-13-22(36)15-35(23)28(39)26(30(2,3)4)33-24(37)16-34-11-9-21(10-12-34)29(40)41/h5-8,17,21-23,26,36H,9-16H2,1-4H3,(H,31,38)(H,33,37)(H,40,41)/t22-,23+,26-/m1/s1. The Morgan fingerprint density at radius 3 is 2.36 bits per heavy atom.